The number of carbonyl (C=O) groups is 2. The standard InChI is InChI=1S/C34H58N3O11P/c1-3-4-5-6-7-8-9-10-11-12-13-16-19-26(2)33(41)46-25-29(40)35-21-17-14-15-18-23-45-31-30(48-49(43)44)27(24-38)47-32(31)37-22-20-28(39)36-34(37)42/h20,22,26-27,30-32,38H,3-19,21,23-25H2,1-2H3,(H2-,35,36,39,40,42,43,44)/p+1. The van der Waals surface area contributed by atoms with Crippen LogP contribution in [0, 0.1) is 5.92 Å². The van der Waals surface area contributed by atoms with Gasteiger partial charge < -0.3 is 24.6 Å². The van der Waals surface area contributed by atoms with E-state index in [-0.39, 0.29) is 31.0 Å². The average Bonchev–Trinajstić information content (AvgIpc) is 3.40. The predicted octanol–water partition coefficient (Wildman–Crippen LogP) is 4.79. The van der Waals surface area contributed by atoms with E-state index in [1.54, 1.807) is 0 Å². The molecule has 49 heavy (non-hydrogen) atoms. The molecule has 1 aliphatic rings. The summed E-state index contributed by atoms with van der Waals surface area (Å²) in [5, 5.41) is 12.5. The largest absolute Gasteiger partial charge is 0.695 e. The second-order valence-corrected chi connectivity index (χ2v) is 13.5. The molecule has 0 aliphatic carbocycles. The topological polar surface area (TPSA) is 195 Å². The normalized spacial score (nSPS) is 19.9. The molecule has 280 valence electrons. The third-order valence-corrected chi connectivity index (χ3v) is 9.17. The summed E-state index contributed by atoms with van der Waals surface area (Å²) in [6.45, 7) is 3.87. The third kappa shape index (κ3) is 17.3. The first-order valence-electron chi connectivity index (χ1n) is 18.1. The Labute approximate surface area is 290 Å². The fourth-order valence-electron chi connectivity index (χ4n) is 5.88. The van der Waals surface area contributed by atoms with Gasteiger partial charge in [-0.25, -0.2) is 4.79 Å². The van der Waals surface area contributed by atoms with E-state index in [1.807, 2.05) is 6.92 Å². The second-order valence-electron chi connectivity index (χ2n) is 12.9. The molecule has 0 aromatic carbocycles. The Bertz CT molecular complexity index is 1210. The molecule has 0 spiro atoms. The predicted molar refractivity (Wildman–Crippen MR) is 184 cm³/mol. The summed E-state index contributed by atoms with van der Waals surface area (Å²) in [4.78, 5) is 59.7. The summed E-state index contributed by atoms with van der Waals surface area (Å²) in [6.07, 6.45) is 15.7. The van der Waals surface area contributed by atoms with Crippen LogP contribution in [0.4, 0.5) is 0 Å². The molecule has 1 aromatic rings. The molecule has 2 rings (SSSR count). The van der Waals surface area contributed by atoms with Gasteiger partial charge in [0, 0.05) is 30.0 Å². The molecule has 1 amide bonds. The van der Waals surface area contributed by atoms with Gasteiger partial charge in [0.2, 0.25) is 0 Å². The number of rotatable bonds is 28. The number of carbonyl (C=O) groups excluding carboxylic acids is 2. The van der Waals surface area contributed by atoms with E-state index < -0.39 is 50.7 Å². The molecule has 14 nitrogen and oxygen atoms in total. The van der Waals surface area contributed by atoms with E-state index in [4.69, 9.17) is 18.7 Å². The van der Waals surface area contributed by atoms with E-state index in [9.17, 15) is 33.7 Å². The first-order valence-corrected chi connectivity index (χ1v) is 19.3. The maximum atomic E-state index is 12.3. The molecule has 6 atom stereocenters. The van der Waals surface area contributed by atoms with Crippen LogP contribution in [0.5, 0.6) is 0 Å². The Morgan fingerprint density at radius 3 is 2.18 bits per heavy atom. The molecule has 15 heteroatoms. The van der Waals surface area contributed by atoms with Crippen LogP contribution in [0.1, 0.15) is 129 Å². The van der Waals surface area contributed by atoms with Crippen molar-refractivity contribution in [3.8, 4) is 0 Å². The zero-order valence-corrected chi connectivity index (χ0v) is 30.2. The number of aromatic nitrogens is 2. The highest BCUT2D eigenvalue weighted by Crippen LogP contribution is 2.37. The number of hydrogen-bond acceptors (Lipinski definition) is 10. The summed E-state index contributed by atoms with van der Waals surface area (Å²) in [5.41, 5.74) is -1.37. The SMILES string of the molecule is CCCCCCCCCCCCCCC(C)C(=O)OCC(=O)NCCCCCCOC1C(O[P+](=O)O)C(CO)OC1n1ccc(=O)[nH]c1=O. The molecular weight excluding hydrogens is 657 g/mol. The monoisotopic (exact) mass is 716 g/mol. The van der Waals surface area contributed by atoms with E-state index >= 15 is 0 Å². The summed E-state index contributed by atoms with van der Waals surface area (Å²) in [5.74, 6) is -0.919. The number of esters is 1. The van der Waals surface area contributed by atoms with Crippen molar-refractivity contribution < 1.29 is 42.9 Å². The average molecular weight is 717 g/mol. The molecule has 0 radical (unpaired) electrons. The van der Waals surface area contributed by atoms with Gasteiger partial charge in [0.05, 0.1) is 12.5 Å². The van der Waals surface area contributed by atoms with Crippen LogP contribution in [0.15, 0.2) is 21.9 Å². The van der Waals surface area contributed by atoms with Crippen molar-refractivity contribution in [1.29, 1.82) is 0 Å². The Balaban J connectivity index is 1.55. The zero-order valence-electron chi connectivity index (χ0n) is 29.4. The van der Waals surface area contributed by atoms with Crippen molar-refractivity contribution in [2.45, 2.75) is 148 Å². The van der Waals surface area contributed by atoms with E-state index in [0.29, 0.717) is 19.4 Å². The quantitative estimate of drug-likeness (QED) is 0.0529. The fraction of sp³-hybridized carbons (Fsp3) is 0.824. The van der Waals surface area contributed by atoms with Gasteiger partial charge >= 0.3 is 19.9 Å². The second kappa shape index (κ2) is 25.5. The van der Waals surface area contributed by atoms with Crippen LogP contribution < -0.4 is 16.6 Å². The maximum Gasteiger partial charge on any atom is 0.695 e. The van der Waals surface area contributed by atoms with Gasteiger partial charge in [-0.3, -0.25) is 23.9 Å². The third-order valence-electron chi connectivity index (χ3n) is 8.74. The first kappa shape index (κ1) is 42.7. The molecule has 1 aromatic heterocycles. The van der Waals surface area contributed by atoms with E-state index in [1.165, 1.54) is 70.4 Å². The van der Waals surface area contributed by atoms with Gasteiger partial charge in [0.15, 0.2) is 18.9 Å². The van der Waals surface area contributed by atoms with Crippen molar-refractivity contribution in [3.05, 3.63) is 33.1 Å². The Hall–Kier alpha value is -2.48. The van der Waals surface area contributed by atoms with Crippen LogP contribution in [-0.4, -0.2) is 76.1 Å². The van der Waals surface area contributed by atoms with Crippen molar-refractivity contribution in [2.24, 2.45) is 5.92 Å². The highest BCUT2D eigenvalue weighted by molar-refractivity contribution is 7.32. The van der Waals surface area contributed by atoms with E-state index in [0.717, 1.165) is 42.7 Å². The summed E-state index contributed by atoms with van der Waals surface area (Å²) < 4.78 is 34.4. The highest BCUT2D eigenvalue weighted by atomic mass is 31.1. The number of aliphatic hydroxyl groups is 1. The number of nitrogens with one attached hydrogen (secondary N) is 2. The smallest absolute Gasteiger partial charge is 0.455 e. The Morgan fingerprint density at radius 1 is 0.959 bits per heavy atom. The van der Waals surface area contributed by atoms with Gasteiger partial charge in [-0.1, -0.05) is 104 Å². The zero-order chi connectivity index (χ0) is 35.9. The minimum absolute atomic E-state index is 0.197. The molecule has 1 aliphatic heterocycles. The van der Waals surface area contributed by atoms with Crippen molar-refractivity contribution in [2.75, 3.05) is 26.4 Å². The number of unbranched alkanes of at least 4 members (excludes halogenated alkanes) is 14. The van der Waals surface area contributed by atoms with Crippen molar-refractivity contribution >= 4 is 20.1 Å². The van der Waals surface area contributed by atoms with Crippen molar-refractivity contribution in [3.63, 3.8) is 0 Å². The summed E-state index contributed by atoms with van der Waals surface area (Å²) in [7, 11) is -3.05. The van der Waals surface area contributed by atoms with Gasteiger partial charge in [-0.2, -0.15) is 0 Å². The number of nitrogens with zero attached hydrogens (tertiary/aromatic N) is 1. The molecule has 4 N–H and O–H groups in total. The minimum Gasteiger partial charge on any atom is -0.455 e. The minimum atomic E-state index is -3.05. The lowest BCUT2D eigenvalue weighted by molar-refractivity contribution is -0.152. The number of hydrogen-bond donors (Lipinski definition) is 4. The Morgan fingerprint density at radius 2 is 1.57 bits per heavy atom. The molecule has 6 unspecified atom stereocenters. The van der Waals surface area contributed by atoms with Crippen LogP contribution >= 0.6 is 8.25 Å². The molecule has 1 saturated heterocycles. The lowest BCUT2D eigenvalue weighted by Crippen LogP contribution is -2.40. The van der Waals surface area contributed by atoms with Gasteiger partial charge in [-0.15, -0.1) is 9.42 Å². The number of aromatic amines is 1. The maximum absolute atomic E-state index is 12.3. The fourth-order valence-corrected chi connectivity index (χ4v) is 6.35. The number of ether oxygens (including phenoxy) is 3. The molecular formula is C34H59N3O11P+. The van der Waals surface area contributed by atoms with Crippen LogP contribution in [-0.2, 0) is 32.9 Å². The first-order chi connectivity index (χ1) is 23.7. The van der Waals surface area contributed by atoms with Crippen LogP contribution in [0.25, 0.3) is 0 Å². The molecule has 1 fully saturated rings. The van der Waals surface area contributed by atoms with Crippen LogP contribution in [0.2, 0.25) is 0 Å². The lowest BCUT2D eigenvalue weighted by atomic mass is 10.0. The number of amides is 1. The van der Waals surface area contributed by atoms with Gasteiger partial charge in [-0.05, 0) is 19.3 Å². The summed E-state index contributed by atoms with van der Waals surface area (Å²) in [6, 6.07) is 1.13. The molecule has 0 bridgehead atoms. The van der Waals surface area contributed by atoms with Gasteiger partial charge in [0.1, 0.15) is 12.2 Å². The number of H-pyrrole nitrogens is 1. The molecule has 2 heterocycles. The Kier molecular flexibility index (Phi) is 22.2. The van der Waals surface area contributed by atoms with Crippen molar-refractivity contribution in [1.82, 2.24) is 14.9 Å². The van der Waals surface area contributed by atoms with Gasteiger partial charge in [0.25, 0.3) is 11.5 Å². The lowest BCUT2D eigenvalue weighted by Gasteiger charge is -2.22. The summed E-state index contributed by atoms with van der Waals surface area (Å²) >= 11 is 0. The van der Waals surface area contributed by atoms with Crippen LogP contribution in [0.3, 0.4) is 0 Å². The van der Waals surface area contributed by atoms with E-state index in [2.05, 4.69) is 17.2 Å². The number of aliphatic hydroxyl groups excluding tert-OH is 1. The molecule has 0 saturated carbocycles. The highest BCUT2D eigenvalue weighted by Gasteiger charge is 2.51.